The van der Waals surface area contributed by atoms with Gasteiger partial charge in [0, 0.05) is 0 Å². The fraction of sp³-hybridized carbons (Fsp3) is 0. The van der Waals surface area contributed by atoms with Gasteiger partial charge in [-0.3, -0.25) is 0 Å². The van der Waals surface area contributed by atoms with Gasteiger partial charge < -0.3 is 114 Å². The van der Waals surface area contributed by atoms with Crippen molar-refractivity contribution in [3.05, 3.63) is 62.6 Å². The molecule has 0 aliphatic heterocycles. The van der Waals surface area contributed by atoms with E-state index >= 15 is 0 Å². The zero-order valence-electron chi connectivity index (χ0n) is 25.1. The van der Waals surface area contributed by atoms with Crippen molar-refractivity contribution in [2.75, 3.05) is 0 Å². The van der Waals surface area contributed by atoms with E-state index in [4.69, 9.17) is 0 Å². The number of nitrogens with zero attached hydrogens (tertiary/aromatic N) is 24. The molecule has 50 heavy (non-hydrogen) atoms. The molecule has 4 aromatic heterocycles. The Balaban J connectivity index is -0.0000000451. The topological polar surface area (TPSA) is 823 Å². The second kappa shape index (κ2) is 35.4. The Bertz CT molecular complexity index is 1180. The monoisotopic (exact) mass is 832 g/mol. The van der Waals surface area contributed by atoms with Crippen LogP contribution in [-0.4, -0.2) is 101 Å². The summed E-state index contributed by atoms with van der Waals surface area (Å²) in [5, 5.41) is 74.8. The molecule has 0 saturated heterocycles. The Labute approximate surface area is 294 Å². The number of nitro groups is 4. The van der Waals surface area contributed by atoms with Crippen LogP contribution < -0.4 is 73.8 Å². The van der Waals surface area contributed by atoms with Crippen molar-refractivity contribution >= 4 is 0 Å². The molecular weight excluding hydrogens is 798 g/mol. The summed E-state index contributed by atoms with van der Waals surface area (Å²) in [6, 6.07) is 0. The molecule has 0 spiro atoms. The fourth-order valence-electron chi connectivity index (χ4n) is 1.78. The zero-order valence-corrected chi connectivity index (χ0v) is 27.1. The van der Waals surface area contributed by atoms with Gasteiger partial charge in [0.05, 0.1) is 0 Å². The smallest absolute Gasteiger partial charge is 0.355 e. The summed E-state index contributed by atoms with van der Waals surface area (Å²) in [6.45, 7) is 0. The zero-order chi connectivity index (χ0) is 26.2. The third-order valence-electron chi connectivity index (χ3n) is 2.85. The van der Waals surface area contributed by atoms with E-state index in [1.807, 2.05) is 0 Å². The van der Waals surface area contributed by atoms with Crippen LogP contribution in [0.15, 0.2) is 0 Å². The first-order valence-corrected chi connectivity index (χ1v) is 7.75. The molecule has 0 amide bonds. The normalized spacial score (nSPS) is 7.20. The van der Waals surface area contributed by atoms with Crippen LogP contribution in [0.1, 0.15) is 0 Å². The summed E-state index contributed by atoms with van der Waals surface area (Å²) in [7, 11) is 0. The number of rotatable bonds is 10. The third-order valence-corrected chi connectivity index (χ3v) is 2.85. The largest absolute Gasteiger partial charge is 2.00 e. The quantitative estimate of drug-likeness (QED) is 0.0463. The van der Waals surface area contributed by atoms with Crippen molar-refractivity contribution in [3.63, 3.8) is 0 Å². The maximum atomic E-state index is 10.2. The maximum Gasteiger partial charge on any atom is 2.00 e. The van der Waals surface area contributed by atoms with E-state index in [1.54, 1.807) is 0 Å². The predicted octanol–water partition coefficient (Wildman–Crippen LogP) is -2.09. The minimum absolute atomic E-state index is 0. The van der Waals surface area contributed by atoms with Crippen molar-refractivity contribution in [1.29, 1.82) is 0 Å². The van der Waals surface area contributed by atoms with Gasteiger partial charge in [0.15, 0.2) is 0 Å². The van der Waals surface area contributed by atoms with Crippen LogP contribution in [0.4, 0.5) is 0 Å². The van der Waals surface area contributed by atoms with Crippen LogP contribution in [0.2, 0.25) is 0 Å². The number of hydrogen-bond acceptors (Lipinski definition) is 32. The molecule has 0 unspecified atom stereocenters. The van der Waals surface area contributed by atoms with Gasteiger partial charge in [-0.15, -0.1) is 40.0 Å². The summed E-state index contributed by atoms with van der Waals surface area (Å²) < 4.78 is 0. The van der Waals surface area contributed by atoms with Crippen molar-refractivity contribution in [1.82, 2.24) is 155 Å². The molecule has 36 N–H and O–H groups in total. The summed E-state index contributed by atoms with van der Waals surface area (Å²) in [5.41, 5.74) is 11.1. The van der Waals surface area contributed by atoms with Crippen LogP contribution in [0.25, 0.3) is 45.4 Å². The Morgan fingerprint density at radius 3 is 0.620 bits per heavy atom. The summed E-state index contributed by atoms with van der Waals surface area (Å²) in [5.74, 6) is -1.55. The SMILES string of the molecule is N.N.N.N.N.N.N.N.N.N.N.N.O=[N+]([O-])[N-]n1nnnc1-c1nnnn1[N-][N+](=O)[O-].O=[N+]([O-])[N-]n1nnnc1-c1nnnn1[N-][N+](=O)[O-].[Ni+2].[Ni+2]. The molecule has 0 aromatic carbocycles. The van der Waals surface area contributed by atoms with Crippen molar-refractivity contribution in [2.45, 2.75) is 0 Å². The van der Waals surface area contributed by atoms with Crippen molar-refractivity contribution < 1.29 is 53.1 Å². The first-order chi connectivity index (χ1) is 17.2. The molecule has 46 heteroatoms. The average molecular weight is 834 g/mol. The van der Waals surface area contributed by atoms with Gasteiger partial charge in [0.2, 0.25) is 0 Å². The third kappa shape index (κ3) is 20.7. The predicted molar refractivity (Wildman–Crippen MR) is 153 cm³/mol. The molecular formula is C4H36N36Ni2O8. The Morgan fingerprint density at radius 2 is 0.500 bits per heavy atom. The molecule has 300 valence electrons. The molecule has 0 bridgehead atoms. The maximum absolute atomic E-state index is 10.2. The van der Waals surface area contributed by atoms with Crippen molar-refractivity contribution in [2.24, 2.45) is 0 Å². The first kappa shape index (κ1) is 79.2. The molecule has 0 atom stereocenters. The Hall–Kier alpha value is -6.41. The van der Waals surface area contributed by atoms with Crippen LogP contribution in [-0.2, 0) is 33.0 Å². The van der Waals surface area contributed by atoms with Crippen LogP contribution in [0.3, 0.4) is 0 Å². The molecule has 0 aliphatic rings. The molecule has 4 aromatic rings. The van der Waals surface area contributed by atoms with Gasteiger partial charge in [-0.1, -0.05) is 42.5 Å². The van der Waals surface area contributed by atoms with Gasteiger partial charge in [0.1, 0.15) is 0 Å². The fourth-order valence-corrected chi connectivity index (χ4v) is 1.78. The standard InChI is InChI=1S/2C2N12O4.12H3N.2Ni/c2*15-13(16)9-11-1(3-5-7-11)2-4-6-8-12(2)10-14(17)18;;;;;;;;;;;;;;/h;;12*1H3;;/q2*-2;;;;;;;;;;;;;2*+2. The number of hydrogen-bond donors (Lipinski definition) is 12. The van der Waals surface area contributed by atoms with Gasteiger partial charge in [0.25, 0.3) is 0 Å². The molecule has 0 radical (unpaired) electrons. The average Bonchev–Trinajstić information content (AvgIpc) is 3.55. The summed E-state index contributed by atoms with van der Waals surface area (Å²) in [4.78, 5) is 42.3. The molecule has 4 heterocycles. The minimum Gasteiger partial charge on any atom is -0.355 e. The molecule has 0 aliphatic carbocycles. The van der Waals surface area contributed by atoms with Gasteiger partial charge in [-0.25, -0.2) is 0 Å². The molecule has 4 rings (SSSR count). The van der Waals surface area contributed by atoms with E-state index in [2.05, 4.69) is 84.2 Å². The number of aromatic nitrogens is 16. The van der Waals surface area contributed by atoms with E-state index in [-0.39, 0.29) is 130 Å². The van der Waals surface area contributed by atoms with Crippen molar-refractivity contribution in [3.8, 4) is 23.3 Å². The number of tetrazole rings is 4. The van der Waals surface area contributed by atoms with Gasteiger partial charge in [-0.2, -0.15) is 20.9 Å². The Kier molecular flexibility index (Phi) is 56.2. The molecule has 44 nitrogen and oxygen atoms in total. The van der Waals surface area contributed by atoms with E-state index < -0.39 is 20.1 Å². The summed E-state index contributed by atoms with van der Waals surface area (Å²) >= 11 is 0. The van der Waals surface area contributed by atoms with Crippen LogP contribution in [0.5, 0.6) is 0 Å². The van der Waals surface area contributed by atoms with Gasteiger partial charge in [-0.05, 0) is 20.1 Å². The molecule has 0 fully saturated rings. The first-order valence-electron chi connectivity index (χ1n) is 7.75. The van der Waals surface area contributed by atoms with Crippen LogP contribution >= 0.6 is 0 Å². The minimum atomic E-state index is -1.07. The van der Waals surface area contributed by atoms with E-state index in [0.717, 1.165) is 0 Å². The Morgan fingerprint density at radius 1 is 0.360 bits per heavy atom. The second-order valence-electron chi connectivity index (χ2n) is 4.88. The van der Waals surface area contributed by atoms with E-state index in [1.165, 1.54) is 0 Å². The van der Waals surface area contributed by atoms with Gasteiger partial charge >= 0.3 is 56.3 Å². The van der Waals surface area contributed by atoms with E-state index in [0.29, 0.717) is 19.2 Å². The van der Waals surface area contributed by atoms with Crippen LogP contribution in [0, 0.1) is 40.5 Å². The second-order valence-corrected chi connectivity index (χ2v) is 4.88. The van der Waals surface area contributed by atoms with E-state index in [9.17, 15) is 40.5 Å². The molecule has 0 saturated carbocycles. The summed E-state index contributed by atoms with van der Waals surface area (Å²) in [6.07, 6.45) is 0.